The van der Waals surface area contributed by atoms with Gasteiger partial charge in [0, 0.05) is 17.3 Å². The van der Waals surface area contributed by atoms with E-state index in [0.29, 0.717) is 6.42 Å². The monoisotopic (exact) mass is 273 g/mol. The molecule has 0 spiro atoms. The van der Waals surface area contributed by atoms with Crippen LogP contribution in [0.1, 0.15) is 31.2 Å². The van der Waals surface area contributed by atoms with Crippen LogP contribution in [-0.4, -0.2) is 17.3 Å². The molecule has 1 aromatic carbocycles. The van der Waals surface area contributed by atoms with Gasteiger partial charge in [-0.25, -0.2) is 0 Å². The molecule has 1 saturated carbocycles. The van der Waals surface area contributed by atoms with Gasteiger partial charge < -0.3 is 0 Å². The van der Waals surface area contributed by atoms with Crippen LogP contribution in [0.15, 0.2) is 36.4 Å². The van der Waals surface area contributed by atoms with Crippen LogP contribution < -0.4 is 0 Å². The molecule has 0 amide bonds. The summed E-state index contributed by atoms with van der Waals surface area (Å²) in [4.78, 5) is 22.5. The van der Waals surface area contributed by atoms with E-state index >= 15 is 0 Å². The standard InChI is InChI=1S/C16H19NO3/c18-16-9-5-4-8-15(16)14(12-17(19)20)11-10-13-6-2-1-3-7-13/h1-3,6-7,10-11,14-15H,4-5,8-9,12H2/b11-10+. The Kier molecular flexibility index (Phi) is 5.04. The van der Waals surface area contributed by atoms with Gasteiger partial charge in [-0.15, -0.1) is 0 Å². The third-order valence-corrected chi connectivity index (χ3v) is 3.81. The molecule has 20 heavy (non-hydrogen) atoms. The van der Waals surface area contributed by atoms with Crippen LogP contribution in [0.25, 0.3) is 6.08 Å². The van der Waals surface area contributed by atoms with E-state index in [1.165, 1.54) is 0 Å². The second-order valence-corrected chi connectivity index (χ2v) is 5.27. The average molecular weight is 273 g/mol. The molecule has 0 heterocycles. The molecule has 4 nitrogen and oxygen atoms in total. The molecule has 1 aliphatic rings. The molecule has 1 aliphatic carbocycles. The van der Waals surface area contributed by atoms with Gasteiger partial charge in [-0.2, -0.15) is 0 Å². The molecule has 0 N–H and O–H groups in total. The Morgan fingerprint density at radius 2 is 2.05 bits per heavy atom. The molecule has 0 saturated heterocycles. The number of nitrogens with zero attached hydrogens (tertiary/aromatic N) is 1. The van der Waals surface area contributed by atoms with Crippen LogP contribution in [0, 0.1) is 22.0 Å². The maximum Gasteiger partial charge on any atom is 0.210 e. The Morgan fingerprint density at radius 1 is 1.30 bits per heavy atom. The first-order valence-corrected chi connectivity index (χ1v) is 7.04. The van der Waals surface area contributed by atoms with Crippen LogP contribution >= 0.6 is 0 Å². The van der Waals surface area contributed by atoms with E-state index in [0.717, 1.165) is 24.8 Å². The first-order valence-electron chi connectivity index (χ1n) is 7.04. The molecule has 4 heteroatoms. The number of carbonyl (C=O) groups excluding carboxylic acids is 1. The molecule has 2 unspecified atom stereocenters. The van der Waals surface area contributed by atoms with Gasteiger partial charge in [0.25, 0.3) is 0 Å². The molecule has 2 atom stereocenters. The predicted octanol–water partition coefficient (Wildman–Crippen LogP) is 3.35. The van der Waals surface area contributed by atoms with Crippen LogP contribution in [0.4, 0.5) is 0 Å². The summed E-state index contributed by atoms with van der Waals surface area (Å²) >= 11 is 0. The van der Waals surface area contributed by atoms with Crippen molar-refractivity contribution in [3.63, 3.8) is 0 Å². The van der Waals surface area contributed by atoms with Crippen molar-refractivity contribution in [3.8, 4) is 0 Å². The van der Waals surface area contributed by atoms with E-state index < -0.39 is 0 Å². The number of benzene rings is 1. The van der Waals surface area contributed by atoms with Crippen molar-refractivity contribution in [2.24, 2.45) is 11.8 Å². The Morgan fingerprint density at radius 3 is 2.70 bits per heavy atom. The normalized spacial score (nSPS) is 21.0. The third-order valence-electron chi connectivity index (χ3n) is 3.81. The van der Waals surface area contributed by atoms with Gasteiger partial charge in [0.05, 0.1) is 5.92 Å². The lowest BCUT2D eigenvalue weighted by molar-refractivity contribution is -0.487. The van der Waals surface area contributed by atoms with Crippen LogP contribution in [0.5, 0.6) is 0 Å². The number of rotatable bonds is 5. The summed E-state index contributed by atoms with van der Waals surface area (Å²) in [6, 6.07) is 9.67. The summed E-state index contributed by atoms with van der Waals surface area (Å²) in [5, 5.41) is 10.8. The maximum absolute atomic E-state index is 12.0. The molecule has 1 fully saturated rings. The van der Waals surface area contributed by atoms with Crippen molar-refractivity contribution in [1.82, 2.24) is 0 Å². The highest BCUT2D eigenvalue weighted by molar-refractivity contribution is 5.82. The highest BCUT2D eigenvalue weighted by Gasteiger charge is 2.31. The number of Topliss-reactive ketones (excluding diaryl/α,β-unsaturated/α-hetero) is 1. The quantitative estimate of drug-likeness (QED) is 0.610. The zero-order chi connectivity index (χ0) is 14.4. The summed E-state index contributed by atoms with van der Waals surface area (Å²) in [5.41, 5.74) is 1.00. The van der Waals surface area contributed by atoms with Crippen LogP contribution in [0.3, 0.4) is 0 Å². The second kappa shape index (κ2) is 6.98. The first-order chi connectivity index (χ1) is 9.66. The topological polar surface area (TPSA) is 60.2 Å². The summed E-state index contributed by atoms with van der Waals surface area (Å²) in [6.07, 6.45) is 6.98. The molecule has 0 bridgehead atoms. The minimum Gasteiger partial charge on any atom is -0.299 e. The highest BCUT2D eigenvalue weighted by atomic mass is 16.6. The van der Waals surface area contributed by atoms with Crippen LogP contribution in [-0.2, 0) is 4.79 Å². The van der Waals surface area contributed by atoms with E-state index in [4.69, 9.17) is 0 Å². The van der Waals surface area contributed by atoms with Gasteiger partial charge in [-0.05, 0) is 18.4 Å². The molecule has 0 radical (unpaired) electrons. The largest absolute Gasteiger partial charge is 0.299 e. The predicted molar refractivity (Wildman–Crippen MR) is 77.8 cm³/mol. The van der Waals surface area contributed by atoms with E-state index in [1.807, 2.05) is 42.5 Å². The Bertz CT molecular complexity index is 496. The minimum absolute atomic E-state index is 0.167. The van der Waals surface area contributed by atoms with Gasteiger partial charge in [0.1, 0.15) is 5.78 Å². The lowest BCUT2D eigenvalue weighted by Gasteiger charge is -2.24. The first kappa shape index (κ1) is 14.4. The summed E-state index contributed by atoms with van der Waals surface area (Å²) < 4.78 is 0. The molecule has 2 rings (SSSR count). The molecular formula is C16H19NO3. The van der Waals surface area contributed by atoms with Gasteiger partial charge in [0.2, 0.25) is 6.54 Å². The SMILES string of the molecule is O=C1CCCCC1C(/C=C/c1ccccc1)C[N+](=O)[O-]. The van der Waals surface area contributed by atoms with Crippen molar-refractivity contribution >= 4 is 11.9 Å². The van der Waals surface area contributed by atoms with Crippen molar-refractivity contribution in [3.05, 3.63) is 52.1 Å². The fourth-order valence-corrected chi connectivity index (χ4v) is 2.76. The summed E-state index contributed by atoms with van der Waals surface area (Å²) in [7, 11) is 0. The molecule has 1 aromatic rings. The Balaban J connectivity index is 2.12. The zero-order valence-corrected chi connectivity index (χ0v) is 11.4. The fourth-order valence-electron chi connectivity index (χ4n) is 2.76. The lowest BCUT2D eigenvalue weighted by Crippen LogP contribution is -2.30. The molecule has 0 aromatic heterocycles. The van der Waals surface area contributed by atoms with Gasteiger partial charge in [-0.3, -0.25) is 14.9 Å². The van der Waals surface area contributed by atoms with Crippen molar-refractivity contribution in [2.45, 2.75) is 25.7 Å². The van der Waals surface area contributed by atoms with Crippen LogP contribution in [0.2, 0.25) is 0 Å². The van der Waals surface area contributed by atoms with E-state index in [1.54, 1.807) is 0 Å². The summed E-state index contributed by atoms with van der Waals surface area (Å²) in [6.45, 7) is -0.167. The van der Waals surface area contributed by atoms with Gasteiger partial charge >= 0.3 is 0 Å². The van der Waals surface area contributed by atoms with E-state index in [9.17, 15) is 14.9 Å². The van der Waals surface area contributed by atoms with Crippen molar-refractivity contribution < 1.29 is 9.72 Å². The number of nitro groups is 1. The molecular weight excluding hydrogens is 254 g/mol. The zero-order valence-electron chi connectivity index (χ0n) is 11.4. The maximum atomic E-state index is 12.0. The fraction of sp³-hybridized carbons (Fsp3) is 0.438. The number of hydrogen-bond donors (Lipinski definition) is 0. The van der Waals surface area contributed by atoms with Crippen molar-refractivity contribution in [1.29, 1.82) is 0 Å². The van der Waals surface area contributed by atoms with Gasteiger partial charge in [-0.1, -0.05) is 48.9 Å². The number of carbonyl (C=O) groups is 1. The molecule has 106 valence electrons. The van der Waals surface area contributed by atoms with Gasteiger partial charge in [0.15, 0.2) is 0 Å². The number of hydrogen-bond acceptors (Lipinski definition) is 3. The third kappa shape index (κ3) is 4.02. The number of ketones is 1. The smallest absolute Gasteiger partial charge is 0.210 e. The summed E-state index contributed by atoms with van der Waals surface area (Å²) in [5.74, 6) is -0.298. The Hall–Kier alpha value is -1.97. The molecule has 0 aliphatic heterocycles. The average Bonchev–Trinajstić information content (AvgIpc) is 2.45. The van der Waals surface area contributed by atoms with Crippen molar-refractivity contribution in [2.75, 3.05) is 6.54 Å². The minimum atomic E-state index is -0.318. The van der Waals surface area contributed by atoms with E-state index in [2.05, 4.69) is 0 Å². The second-order valence-electron chi connectivity index (χ2n) is 5.27. The Labute approximate surface area is 118 Å². The highest BCUT2D eigenvalue weighted by Crippen LogP contribution is 2.28. The lowest BCUT2D eigenvalue weighted by atomic mass is 9.78. The van der Waals surface area contributed by atoms with E-state index in [-0.39, 0.29) is 29.1 Å².